The van der Waals surface area contributed by atoms with Gasteiger partial charge in [-0.05, 0) is 31.4 Å². The number of aromatic amines is 1. The molecule has 0 aromatic carbocycles. The van der Waals surface area contributed by atoms with E-state index in [9.17, 15) is 14.0 Å². The van der Waals surface area contributed by atoms with Gasteiger partial charge in [0.05, 0.1) is 6.20 Å². The maximum atomic E-state index is 11.7. The number of H-pyrrole nitrogens is 1. The van der Waals surface area contributed by atoms with E-state index >= 15 is 0 Å². The SMILES string of the molecule is CNc1cc(Nc2ccc[nH]c2=O)nc2c(C(N)=O)cnn12.FC1CCC1. The summed E-state index contributed by atoms with van der Waals surface area (Å²) < 4.78 is 13.0. The first-order chi connectivity index (χ1) is 13.0. The number of halogens is 1. The average molecular weight is 373 g/mol. The van der Waals surface area contributed by atoms with E-state index in [-0.39, 0.29) is 11.1 Å². The minimum atomic E-state index is -0.626. The summed E-state index contributed by atoms with van der Waals surface area (Å²) >= 11 is 0. The van der Waals surface area contributed by atoms with Gasteiger partial charge in [0, 0.05) is 19.3 Å². The summed E-state index contributed by atoms with van der Waals surface area (Å²) in [5, 5.41) is 9.92. The Labute approximate surface area is 153 Å². The van der Waals surface area contributed by atoms with Crippen LogP contribution in [-0.4, -0.2) is 38.7 Å². The van der Waals surface area contributed by atoms with E-state index in [1.165, 1.54) is 16.9 Å². The van der Waals surface area contributed by atoms with Crippen LogP contribution >= 0.6 is 0 Å². The summed E-state index contributed by atoms with van der Waals surface area (Å²) in [5.41, 5.74) is 5.87. The molecule has 1 fully saturated rings. The van der Waals surface area contributed by atoms with Crippen LogP contribution in [0, 0.1) is 0 Å². The van der Waals surface area contributed by atoms with Crippen molar-refractivity contribution in [3.8, 4) is 0 Å². The van der Waals surface area contributed by atoms with E-state index in [1.807, 2.05) is 0 Å². The van der Waals surface area contributed by atoms with E-state index in [2.05, 4.69) is 25.7 Å². The fourth-order valence-corrected chi connectivity index (χ4v) is 2.40. The number of pyridine rings is 1. The summed E-state index contributed by atoms with van der Waals surface area (Å²) in [6.45, 7) is 0. The second kappa shape index (κ2) is 7.85. The van der Waals surface area contributed by atoms with Crippen LogP contribution in [0.5, 0.6) is 0 Å². The van der Waals surface area contributed by atoms with Gasteiger partial charge >= 0.3 is 0 Å². The van der Waals surface area contributed by atoms with Gasteiger partial charge in [-0.2, -0.15) is 9.61 Å². The van der Waals surface area contributed by atoms with Crippen LogP contribution in [0.4, 0.5) is 21.7 Å². The number of rotatable bonds is 4. The van der Waals surface area contributed by atoms with E-state index in [0.29, 0.717) is 23.0 Å². The van der Waals surface area contributed by atoms with Gasteiger partial charge in [-0.25, -0.2) is 9.37 Å². The van der Waals surface area contributed by atoms with Gasteiger partial charge in [0.15, 0.2) is 5.65 Å². The van der Waals surface area contributed by atoms with Crippen LogP contribution in [0.15, 0.2) is 35.4 Å². The van der Waals surface area contributed by atoms with Gasteiger partial charge in [0.2, 0.25) is 0 Å². The fraction of sp³-hybridized carbons (Fsp3) is 0.294. The highest BCUT2D eigenvalue weighted by Gasteiger charge is 2.15. The van der Waals surface area contributed by atoms with Crippen molar-refractivity contribution in [3.63, 3.8) is 0 Å². The molecule has 0 bridgehead atoms. The Balaban J connectivity index is 0.000000364. The van der Waals surface area contributed by atoms with E-state index in [4.69, 9.17) is 5.73 Å². The first-order valence-corrected chi connectivity index (χ1v) is 8.44. The van der Waals surface area contributed by atoms with Gasteiger partial charge in [-0.1, -0.05) is 0 Å². The standard InChI is InChI=1S/C13H13N7O2.C4H7F/c1-15-10-5-9(18-8-3-2-4-16-13(8)22)19-12-7(11(14)21)6-17-20(10)12;5-4-2-1-3-4/h2-6,15H,1H3,(H2,14,21)(H,16,22)(H,18,19);4H,1-3H2. The molecule has 1 aliphatic rings. The largest absolute Gasteiger partial charge is 0.373 e. The van der Waals surface area contributed by atoms with Crippen molar-refractivity contribution in [2.45, 2.75) is 25.4 Å². The van der Waals surface area contributed by atoms with Crippen molar-refractivity contribution in [3.05, 3.63) is 46.5 Å². The highest BCUT2D eigenvalue weighted by atomic mass is 19.1. The molecule has 0 aliphatic heterocycles. The first kappa shape index (κ1) is 18.4. The molecule has 1 saturated carbocycles. The Morgan fingerprint density at radius 2 is 2.19 bits per heavy atom. The quantitative estimate of drug-likeness (QED) is 0.552. The number of fused-ring (bicyclic) bond motifs is 1. The number of nitrogens with two attached hydrogens (primary N) is 1. The molecule has 0 atom stereocenters. The summed E-state index contributed by atoms with van der Waals surface area (Å²) in [4.78, 5) is 30.0. The maximum absolute atomic E-state index is 11.7. The molecule has 4 rings (SSSR count). The molecule has 0 radical (unpaired) electrons. The molecule has 1 amide bonds. The molecule has 142 valence electrons. The van der Waals surface area contributed by atoms with Crippen molar-refractivity contribution in [2.75, 3.05) is 17.7 Å². The number of carbonyl (C=O) groups excluding carboxylic acids is 1. The zero-order valence-corrected chi connectivity index (χ0v) is 14.7. The van der Waals surface area contributed by atoms with Gasteiger partial charge < -0.3 is 21.4 Å². The number of nitrogens with zero attached hydrogens (tertiary/aromatic N) is 3. The number of anilines is 3. The van der Waals surface area contributed by atoms with Crippen molar-refractivity contribution in [1.82, 2.24) is 19.6 Å². The van der Waals surface area contributed by atoms with Gasteiger partial charge in [0.25, 0.3) is 11.5 Å². The number of primary amides is 1. The predicted octanol–water partition coefficient (Wildman–Crippen LogP) is 1.81. The molecule has 0 spiro atoms. The number of nitrogens with one attached hydrogen (secondary N) is 3. The number of aromatic nitrogens is 4. The van der Waals surface area contributed by atoms with Crippen molar-refractivity contribution in [1.29, 1.82) is 0 Å². The Hall–Kier alpha value is -3.43. The lowest BCUT2D eigenvalue weighted by molar-refractivity contribution is 0.100. The summed E-state index contributed by atoms with van der Waals surface area (Å²) in [7, 11) is 1.71. The van der Waals surface area contributed by atoms with Crippen LogP contribution < -0.4 is 21.9 Å². The number of alkyl halides is 1. The molecule has 1 aliphatic carbocycles. The second-order valence-electron chi connectivity index (χ2n) is 6.00. The highest BCUT2D eigenvalue weighted by Crippen LogP contribution is 2.21. The van der Waals surface area contributed by atoms with Crippen LogP contribution in [0.1, 0.15) is 29.6 Å². The molecule has 3 heterocycles. The summed E-state index contributed by atoms with van der Waals surface area (Å²) in [5.74, 6) is 0.350. The highest BCUT2D eigenvalue weighted by molar-refractivity contribution is 5.98. The molecule has 10 heteroatoms. The van der Waals surface area contributed by atoms with Crippen molar-refractivity contribution >= 4 is 28.9 Å². The zero-order valence-electron chi connectivity index (χ0n) is 14.7. The third-order valence-corrected chi connectivity index (χ3v) is 4.11. The topological polar surface area (TPSA) is 130 Å². The Morgan fingerprint density at radius 1 is 1.44 bits per heavy atom. The van der Waals surface area contributed by atoms with Crippen molar-refractivity contribution < 1.29 is 9.18 Å². The smallest absolute Gasteiger partial charge is 0.271 e. The number of amides is 1. The minimum absolute atomic E-state index is 0.196. The van der Waals surface area contributed by atoms with Gasteiger partial charge in [-0.3, -0.25) is 9.59 Å². The molecule has 27 heavy (non-hydrogen) atoms. The Morgan fingerprint density at radius 3 is 2.74 bits per heavy atom. The predicted molar refractivity (Wildman–Crippen MR) is 100 cm³/mol. The van der Waals surface area contributed by atoms with Crippen LogP contribution in [0.3, 0.4) is 0 Å². The van der Waals surface area contributed by atoms with Crippen LogP contribution in [-0.2, 0) is 0 Å². The summed E-state index contributed by atoms with van der Waals surface area (Å²) in [6, 6.07) is 4.97. The lowest BCUT2D eigenvalue weighted by atomic mass is 9.98. The third kappa shape index (κ3) is 4.05. The van der Waals surface area contributed by atoms with Gasteiger partial charge in [0.1, 0.15) is 29.1 Å². The minimum Gasteiger partial charge on any atom is -0.373 e. The molecule has 0 unspecified atom stereocenters. The average Bonchev–Trinajstić information content (AvgIpc) is 3.06. The Kier molecular flexibility index (Phi) is 5.34. The number of hydrogen-bond acceptors (Lipinski definition) is 6. The lowest BCUT2D eigenvalue weighted by Crippen LogP contribution is -2.13. The molecule has 0 saturated heterocycles. The van der Waals surface area contributed by atoms with Crippen LogP contribution in [0.25, 0.3) is 5.65 Å². The number of carbonyl (C=O) groups is 1. The van der Waals surface area contributed by atoms with E-state index in [0.717, 1.165) is 19.3 Å². The number of hydrogen-bond donors (Lipinski definition) is 4. The van der Waals surface area contributed by atoms with Crippen molar-refractivity contribution in [2.24, 2.45) is 5.73 Å². The van der Waals surface area contributed by atoms with E-state index in [1.54, 1.807) is 25.2 Å². The maximum Gasteiger partial charge on any atom is 0.271 e. The third-order valence-electron chi connectivity index (χ3n) is 4.11. The normalized spacial score (nSPS) is 13.4. The second-order valence-corrected chi connectivity index (χ2v) is 6.00. The monoisotopic (exact) mass is 373 g/mol. The molecule has 5 N–H and O–H groups in total. The van der Waals surface area contributed by atoms with Crippen LogP contribution in [0.2, 0.25) is 0 Å². The van der Waals surface area contributed by atoms with Gasteiger partial charge in [-0.15, -0.1) is 0 Å². The molecular weight excluding hydrogens is 353 g/mol. The molecule has 9 nitrogen and oxygen atoms in total. The van der Waals surface area contributed by atoms with E-state index < -0.39 is 12.1 Å². The Bertz CT molecular complexity index is 1010. The molecule has 3 aromatic heterocycles. The summed E-state index contributed by atoms with van der Waals surface area (Å²) in [6.07, 6.45) is 5.20. The molecular formula is C17H20FN7O2. The molecule has 3 aromatic rings. The zero-order chi connectivity index (χ0) is 19.4. The lowest BCUT2D eigenvalue weighted by Gasteiger charge is -2.14. The fourth-order valence-electron chi connectivity index (χ4n) is 2.40. The first-order valence-electron chi connectivity index (χ1n) is 8.44.